The number of hydrogen-bond donors (Lipinski definition) is 2. The average molecular weight is 582 g/mol. The van der Waals surface area contributed by atoms with Gasteiger partial charge in [-0.1, -0.05) is 43.7 Å². The maximum atomic E-state index is 13.5. The predicted octanol–water partition coefficient (Wildman–Crippen LogP) is 2.94. The van der Waals surface area contributed by atoms with Gasteiger partial charge >= 0.3 is 12.1 Å². The van der Waals surface area contributed by atoms with Crippen molar-refractivity contribution in [1.29, 1.82) is 0 Å². The molecule has 1 aliphatic carbocycles. The number of ether oxygens (including phenoxy) is 2. The van der Waals surface area contributed by atoms with E-state index in [2.05, 4.69) is 10.3 Å². The zero-order valence-corrected chi connectivity index (χ0v) is 24.2. The largest absolute Gasteiger partial charge is 0.481 e. The minimum absolute atomic E-state index is 0.0821. The number of rotatable bonds is 13. The summed E-state index contributed by atoms with van der Waals surface area (Å²) in [7, 11) is 1.65. The van der Waals surface area contributed by atoms with Crippen LogP contribution in [0.2, 0.25) is 0 Å². The molecule has 226 valence electrons. The van der Waals surface area contributed by atoms with Gasteiger partial charge in [-0.05, 0) is 31.2 Å². The second kappa shape index (κ2) is 14.7. The fourth-order valence-electron chi connectivity index (χ4n) is 4.98. The van der Waals surface area contributed by atoms with Crippen LogP contribution in [0.1, 0.15) is 61.1 Å². The summed E-state index contributed by atoms with van der Waals surface area (Å²) in [6, 6.07) is 9.89. The molecule has 0 radical (unpaired) electrons. The zero-order valence-electron chi connectivity index (χ0n) is 24.2. The number of benzene rings is 1. The number of aliphatic carboxylic acids is 1. The lowest BCUT2D eigenvalue weighted by Crippen LogP contribution is -2.56. The lowest BCUT2D eigenvalue weighted by molar-refractivity contribution is -0.138. The van der Waals surface area contributed by atoms with Gasteiger partial charge < -0.3 is 29.7 Å². The van der Waals surface area contributed by atoms with E-state index in [1.165, 1.54) is 0 Å². The van der Waals surface area contributed by atoms with Crippen molar-refractivity contribution in [2.75, 3.05) is 46.5 Å². The van der Waals surface area contributed by atoms with E-state index in [0.29, 0.717) is 25.0 Å². The number of carboxylic acids is 1. The highest BCUT2D eigenvalue weighted by Gasteiger charge is 2.40. The summed E-state index contributed by atoms with van der Waals surface area (Å²) in [5.74, 6) is -1.22. The Morgan fingerprint density at radius 1 is 1.07 bits per heavy atom. The average Bonchev–Trinajstić information content (AvgIpc) is 3.78. The van der Waals surface area contributed by atoms with Gasteiger partial charge in [0.2, 0.25) is 5.91 Å². The number of aromatic nitrogens is 2. The van der Waals surface area contributed by atoms with E-state index in [0.717, 1.165) is 30.5 Å². The van der Waals surface area contributed by atoms with Crippen LogP contribution in [-0.2, 0) is 19.1 Å². The van der Waals surface area contributed by atoms with Gasteiger partial charge in [0.05, 0.1) is 6.61 Å². The van der Waals surface area contributed by atoms with Crippen molar-refractivity contribution in [2.24, 2.45) is 5.92 Å². The normalized spacial score (nSPS) is 18.7. The smallest absolute Gasteiger partial charge is 0.409 e. The van der Waals surface area contributed by atoms with E-state index >= 15 is 0 Å². The van der Waals surface area contributed by atoms with Crippen molar-refractivity contribution in [3.05, 3.63) is 47.8 Å². The molecule has 3 amide bonds. The van der Waals surface area contributed by atoms with E-state index < -0.39 is 29.9 Å². The Morgan fingerprint density at radius 3 is 2.45 bits per heavy atom. The Morgan fingerprint density at radius 2 is 1.79 bits per heavy atom. The number of carbonyl (C=O) groups excluding carboxylic acids is 3. The third-order valence-corrected chi connectivity index (χ3v) is 7.52. The molecule has 2 N–H and O–H groups in total. The van der Waals surface area contributed by atoms with Crippen LogP contribution in [0.25, 0.3) is 11.4 Å². The summed E-state index contributed by atoms with van der Waals surface area (Å²) in [6.45, 7) is 4.02. The molecule has 0 bridgehead atoms. The van der Waals surface area contributed by atoms with Crippen LogP contribution in [0, 0.1) is 5.92 Å². The molecule has 2 fully saturated rings. The Balaban J connectivity index is 1.48. The third-order valence-electron chi connectivity index (χ3n) is 7.52. The van der Waals surface area contributed by atoms with E-state index in [1.54, 1.807) is 23.0 Å². The fraction of sp³-hybridized carbons (Fsp3) is 0.533. The van der Waals surface area contributed by atoms with Crippen molar-refractivity contribution in [1.82, 2.24) is 25.1 Å². The number of hydrogen-bond acceptors (Lipinski definition) is 8. The quantitative estimate of drug-likeness (QED) is 0.340. The highest BCUT2D eigenvalue weighted by Crippen LogP contribution is 2.47. The minimum atomic E-state index is -1.07. The van der Waals surface area contributed by atoms with Crippen LogP contribution >= 0.6 is 0 Å². The van der Waals surface area contributed by atoms with E-state index in [-0.39, 0.29) is 50.6 Å². The SMILES string of the molecule is CCCCOC(=O)N1CCN(C(=O)C(CCC(=O)O)NC(=O)c2cc([C@H]3C[C@@H]3COC)nc(-c3ccccc3)n2)CC1. The number of piperazine rings is 1. The van der Waals surface area contributed by atoms with Crippen LogP contribution in [-0.4, -0.2) is 101 Å². The first kappa shape index (κ1) is 30.9. The first-order valence-electron chi connectivity index (χ1n) is 14.5. The summed E-state index contributed by atoms with van der Waals surface area (Å²) in [6.07, 6.45) is 1.79. The molecule has 12 heteroatoms. The molecule has 4 rings (SSSR count). The van der Waals surface area contributed by atoms with Crippen LogP contribution in [0.4, 0.5) is 4.79 Å². The van der Waals surface area contributed by atoms with Gasteiger partial charge in [0.25, 0.3) is 5.91 Å². The number of nitrogens with zero attached hydrogens (tertiary/aromatic N) is 4. The molecule has 42 heavy (non-hydrogen) atoms. The van der Waals surface area contributed by atoms with Gasteiger partial charge in [0, 0.05) is 63.5 Å². The first-order valence-corrected chi connectivity index (χ1v) is 14.5. The lowest BCUT2D eigenvalue weighted by Gasteiger charge is -2.36. The minimum Gasteiger partial charge on any atom is -0.481 e. The van der Waals surface area contributed by atoms with Crippen LogP contribution < -0.4 is 5.32 Å². The van der Waals surface area contributed by atoms with Crippen molar-refractivity contribution >= 4 is 23.9 Å². The van der Waals surface area contributed by atoms with Crippen LogP contribution in [0.15, 0.2) is 36.4 Å². The Bertz CT molecular complexity index is 1250. The molecule has 2 aromatic rings. The van der Waals surface area contributed by atoms with Gasteiger partial charge in [-0.15, -0.1) is 0 Å². The zero-order chi connectivity index (χ0) is 30.1. The van der Waals surface area contributed by atoms with E-state index in [9.17, 15) is 24.3 Å². The van der Waals surface area contributed by atoms with Gasteiger partial charge in [0.15, 0.2) is 5.82 Å². The third kappa shape index (κ3) is 8.25. The molecule has 1 aliphatic heterocycles. The molecule has 1 unspecified atom stereocenters. The molecule has 3 atom stereocenters. The highest BCUT2D eigenvalue weighted by atomic mass is 16.6. The second-order valence-corrected chi connectivity index (χ2v) is 10.7. The second-order valence-electron chi connectivity index (χ2n) is 10.7. The molecule has 1 aromatic carbocycles. The summed E-state index contributed by atoms with van der Waals surface area (Å²) < 4.78 is 10.6. The van der Waals surface area contributed by atoms with Gasteiger partial charge in [-0.2, -0.15) is 0 Å². The summed E-state index contributed by atoms with van der Waals surface area (Å²) in [5.41, 5.74) is 1.59. The number of methoxy groups -OCH3 is 1. The van der Waals surface area contributed by atoms with Crippen LogP contribution in [0.5, 0.6) is 0 Å². The lowest BCUT2D eigenvalue weighted by atomic mass is 10.1. The maximum Gasteiger partial charge on any atom is 0.409 e. The van der Waals surface area contributed by atoms with Gasteiger partial charge in [-0.3, -0.25) is 14.4 Å². The number of amides is 3. The van der Waals surface area contributed by atoms with E-state index in [1.807, 2.05) is 37.3 Å². The predicted molar refractivity (Wildman–Crippen MR) is 153 cm³/mol. The Labute approximate surface area is 245 Å². The Hall–Kier alpha value is -4.06. The monoisotopic (exact) mass is 581 g/mol. The molecule has 2 aliphatic rings. The fourth-order valence-corrected chi connectivity index (χ4v) is 4.98. The van der Waals surface area contributed by atoms with Crippen molar-refractivity contribution in [2.45, 2.75) is 51.0 Å². The number of unbranched alkanes of at least 4 members (excludes halogenated alkanes) is 1. The molecule has 2 heterocycles. The highest BCUT2D eigenvalue weighted by molar-refractivity contribution is 5.96. The molecule has 1 aromatic heterocycles. The molecule has 12 nitrogen and oxygen atoms in total. The van der Waals surface area contributed by atoms with Gasteiger partial charge in [0.1, 0.15) is 11.7 Å². The molecule has 1 saturated heterocycles. The van der Waals surface area contributed by atoms with Crippen molar-refractivity contribution in [3.63, 3.8) is 0 Å². The first-order chi connectivity index (χ1) is 20.3. The number of nitrogens with one attached hydrogen (secondary N) is 1. The van der Waals surface area contributed by atoms with E-state index in [4.69, 9.17) is 14.5 Å². The van der Waals surface area contributed by atoms with Gasteiger partial charge in [-0.25, -0.2) is 14.8 Å². The molecule has 1 saturated carbocycles. The standard InChI is InChI=1S/C30H39N5O7/c1-3-4-16-42-30(40)35-14-12-34(13-15-35)29(39)23(10-11-26(36)37)33-28(38)25-18-24(22-17-21(22)19-41-2)31-27(32-25)20-8-6-5-7-9-20/h5-9,18,21-23H,3-4,10-17,19H2,1-2H3,(H,33,38)(H,36,37)/t21-,22+,23?/m1/s1. The molecular formula is C30H39N5O7. The summed E-state index contributed by atoms with van der Waals surface area (Å²) in [5, 5.41) is 12.0. The van der Waals surface area contributed by atoms with Crippen molar-refractivity contribution in [3.8, 4) is 11.4 Å². The number of carbonyl (C=O) groups is 4. The molecule has 0 spiro atoms. The maximum absolute atomic E-state index is 13.5. The van der Waals surface area contributed by atoms with Crippen molar-refractivity contribution < 1.29 is 33.8 Å². The summed E-state index contributed by atoms with van der Waals surface area (Å²) >= 11 is 0. The topological polar surface area (TPSA) is 151 Å². The number of carboxylic acid groups (broad SMARTS) is 1. The Kier molecular flexibility index (Phi) is 10.8. The molecular weight excluding hydrogens is 542 g/mol. The van der Waals surface area contributed by atoms with Crippen LogP contribution in [0.3, 0.4) is 0 Å². The summed E-state index contributed by atoms with van der Waals surface area (Å²) in [4.78, 5) is 63.0.